The van der Waals surface area contributed by atoms with Gasteiger partial charge in [0.25, 0.3) is 0 Å². The van der Waals surface area contributed by atoms with Crippen LogP contribution in [0.4, 0.5) is 34.1 Å². The van der Waals surface area contributed by atoms with E-state index in [9.17, 15) is 0 Å². The third-order valence-corrected chi connectivity index (χ3v) is 13.1. The van der Waals surface area contributed by atoms with Crippen molar-refractivity contribution in [3.8, 4) is 11.1 Å². The Balaban J connectivity index is 0.909. The summed E-state index contributed by atoms with van der Waals surface area (Å²) >= 11 is 0. The van der Waals surface area contributed by atoms with Crippen LogP contribution in [0.5, 0.6) is 0 Å². The number of aryl methyl sites for hydroxylation is 4. The molecule has 0 bridgehead atoms. The van der Waals surface area contributed by atoms with Crippen LogP contribution in [0.2, 0.25) is 0 Å². The summed E-state index contributed by atoms with van der Waals surface area (Å²) in [6.07, 6.45) is 9.01. The van der Waals surface area contributed by atoms with Gasteiger partial charge in [0.15, 0.2) is 0 Å². The largest absolute Gasteiger partial charge is 0.311 e. The molecule has 0 aromatic heterocycles. The van der Waals surface area contributed by atoms with Crippen molar-refractivity contribution in [2.24, 2.45) is 0 Å². The Kier molecular flexibility index (Phi) is 10.9. The molecule has 0 heterocycles. The van der Waals surface area contributed by atoms with Gasteiger partial charge in [-0.2, -0.15) is 0 Å². The number of anilines is 6. The zero-order valence-electron chi connectivity index (χ0n) is 38.2. The first kappa shape index (κ1) is 41.3. The first-order chi connectivity index (χ1) is 31.6. The maximum absolute atomic E-state index is 2.40. The Morgan fingerprint density at radius 1 is 0.338 bits per heavy atom. The minimum absolute atomic E-state index is 0.179. The summed E-state index contributed by atoms with van der Waals surface area (Å²) in [5, 5.41) is 2.63. The van der Waals surface area contributed by atoms with Crippen LogP contribution in [0.15, 0.2) is 194 Å². The smallest absolute Gasteiger partial charge is 0.0462 e. The summed E-state index contributed by atoms with van der Waals surface area (Å²) in [5.41, 5.74) is 21.8. The maximum Gasteiger partial charge on any atom is 0.0462 e. The second kappa shape index (κ2) is 17.1. The van der Waals surface area contributed by atoms with Crippen LogP contribution in [0.1, 0.15) is 69.5 Å². The molecule has 0 atom stereocenters. The lowest BCUT2D eigenvalue weighted by Crippen LogP contribution is -2.23. The second-order valence-electron chi connectivity index (χ2n) is 18.2. The lowest BCUT2D eigenvalue weighted by Gasteiger charge is -2.35. The number of nitrogens with zero attached hydrogens (tertiary/aromatic N) is 2. The molecule has 9 aromatic rings. The predicted molar refractivity (Wildman–Crippen MR) is 281 cm³/mol. The third kappa shape index (κ3) is 8.20. The van der Waals surface area contributed by atoms with Crippen molar-refractivity contribution < 1.29 is 0 Å². The van der Waals surface area contributed by atoms with Crippen molar-refractivity contribution >= 4 is 69.2 Å². The van der Waals surface area contributed by atoms with Gasteiger partial charge in [0.05, 0.1) is 0 Å². The highest BCUT2D eigenvalue weighted by molar-refractivity contribution is 6.07. The summed E-state index contributed by atoms with van der Waals surface area (Å²) in [6, 6.07) is 71.3. The Morgan fingerprint density at radius 3 is 1.15 bits per heavy atom. The van der Waals surface area contributed by atoms with E-state index >= 15 is 0 Å². The first-order valence-corrected chi connectivity index (χ1v) is 22.7. The molecular formula is C63H54N2. The quantitative estimate of drug-likeness (QED) is 0.127. The lowest BCUT2D eigenvalue weighted by molar-refractivity contribution is 0.645. The zero-order chi connectivity index (χ0) is 44.7. The van der Waals surface area contributed by atoms with Crippen LogP contribution in [0.25, 0.3) is 46.2 Å². The van der Waals surface area contributed by atoms with Gasteiger partial charge in [0.1, 0.15) is 0 Å². The highest BCUT2D eigenvalue weighted by Crippen LogP contribution is 2.50. The van der Waals surface area contributed by atoms with Crippen molar-refractivity contribution in [3.05, 3.63) is 250 Å². The fourth-order valence-electron chi connectivity index (χ4n) is 9.40. The molecule has 316 valence electrons. The maximum atomic E-state index is 2.40. The molecule has 0 saturated carbocycles. The van der Waals surface area contributed by atoms with Crippen LogP contribution < -0.4 is 9.80 Å². The van der Waals surface area contributed by atoms with Gasteiger partial charge < -0.3 is 9.80 Å². The molecule has 2 heteroatoms. The van der Waals surface area contributed by atoms with Crippen molar-refractivity contribution in [3.63, 3.8) is 0 Å². The minimum Gasteiger partial charge on any atom is -0.311 e. The van der Waals surface area contributed by atoms with Gasteiger partial charge >= 0.3 is 0 Å². The van der Waals surface area contributed by atoms with Gasteiger partial charge in [-0.25, -0.2) is 0 Å². The molecule has 0 fully saturated rings. The number of hydrogen-bond donors (Lipinski definition) is 0. The van der Waals surface area contributed by atoms with E-state index in [1.807, 2.05) is 0 Å². The van der Waals surface area contributed by atoms with Crippen LogP contribution in [-0.2, 0) is 5.41 Å². The van der Waals surface area contributed by atoms with E-state index in [0.717, 1.165) is 45.3 Å². The Hall–Kier alpha value is -7.68. The molecule has 9 aromatic carbocycles. The first-order valence-electron chi connectivity index (χ1n) is 22.7. The van der Waals surface area contributed by atoms with E-state index in [1.54, 1.807) is 0 Å². The summed E-state index contributed by atoms with van der Waals surface area (Å²) in [7, 11) is 0. The van der Waals surface area contributed by atoms with Gasteiger partial charge in [-0.05, 0) is 156 Å². The minimum atomic E-state index is -0.179. The fraction of sp³-hybridized carbons (Fsp3) is 0.111. The Morgan fingerprint density at radius 2 is 0.708 bits per heavy atom. The molecule has 0 N–H and O–H groups in total. The van der Waals surface area contributed by atoms with Gasteiger partial charge in [0, 0.05) is 39.5 Å². The van der Waals surface area contributed by atoms with Crippen LogP contribution in [-0.4, -0.2) is 0 Å². The van der Waals surface area contributed by atoms with Crippen molar-refractivity contribution in [2.45, 2.75) is 47.0 Å². The van der Waals surface area contributed by atoms with Gasteiger partial charge in [-0.15, -0.1) is 0 Å². The summed E-state index contributed by atoms with van der Waals surface area (Å²) < 4.78 is 0. The molecule has 2 nitrogen and oxygen atoms in total. The molecule has 0 spiro atoms. The van der Waals surface area contributed by atoms with Gasteiger partial charge in [-0.3, -0.25) is 0 Å². The highest BCUT2D eigenvalue weighted by Gasteiger charge is 2.33. The van der Waals surface area contributed by atoms with Crippen LogP contribution in [0, 0.1) is 27.7 Å². The number of rotatable bonds is 10. The number of hydrogen-bond acceptors (Lipinski definition) is 2. The molecule has 1 aliphatic carbocycles. The predicted octanol–water partition coefficient (Wildman–Crippen LogP) is 17.7. The van der Waals surface area contributed by atoms with Crippen molar-refractivity contribution in [2.75, 3.05) is 9.80 Å². The highest BCUT2D eigenvalue weighted by atomic mass is 15.1. The second-order valence-corrected chi connectivity index (χ2v) is 18.2. The topological polar surface area (TPSA) is 6.48 Å². The van der Waals surface area contributed by atoms with E-state index in [0.29, 0.717) is 0 Å². The lowest BCUT2D eigenvalue weighted by atomic mass is 9.68. The third-order valence-electron chi connectivity index (χ3n) is 13.1. The Bertz CT molecular complexity index is 3110. The van der Waals surface area contributed by atoms with E-state index in [2.05, 4.69) is 270 Å². The van der Waals surface area contributed by atoms with Gasteiger partial charge in [0.2, 0.25) is 0 Å². The van der Waals surface area contributed by atoms with Crippen LogP contribution in [0.3, 0.4) is 0 Å². The summed E-state index contributed by atoms with van der Waals surface area (Å²) in [5.74, 6) is 0. The molecular weight excluding hydrogens is 785 g/mol. The number of fused-ring (bicyclic) bond motifs is 2. The fourth-order valence-corrected chi connectivity index (χ4v) is 9.40. The normalized spacial score (nSPS) is 12.8. The SMILES string of the molecule is Cc1ccc(N(c2ccc(C)cc2)c2ccc(C=Cc3ccc4c(c3)C(C)(C)c3cccc5c(C=Cc6ccc(N(c7ccc(C)cc7)c7ccc(C)cc7)cc6)ccc-4c35)cc2)cc1. The average molecular weight is 839 g/mol. The van der Waals surface area contributed by atoms with Gasteiger partial charge in [-0.1, -0.05) is 182 Å². The van der Waals surface area contributed by atoms with Crippen molar-refractivity contribution in [1.29, 1.82) is 0 Å². The average Bonchev–Trinajstić information content (AvgIpc) is 3.33. The van der Waals surface area contributed by atoms with Crippen molar-refractivity contribution in [1.82, 2.24) is 0 Å². The summed E-state index contributed by atoms with van der Waals surface area (Å²) in [4.78, 5) is 4.64. The molecule has 10 rings (SSSR count). The monoisotopic (exact) mass is 838 g/mol. The molecule has 0 saturated heterocycles. The molecule has 1 aliphatic rings. The van der Waals surface area contributed by atoms with E-state index in [-0.39, 0.29) is 5.41 Å². The number of benzene rings is 9. The molecule has 0 unspecified atom stereocenters. The van der Waals surface area contributed by atoms with Crippen LogP contribution >= 0.6 is 0 Å². The van der Waals surface area contributed by atoms with E-state index < -0.39 is 0 Å². The van der Waals surface area contributed by atoms with E-state index in [1.165, 1.54) is 66.4 Å². The van der Waals surface area contributed by atoms with E-state index in [4.69, 9.17) is 0 Å². The standard InChI is InChI=1S/C63H54N2/c1-43-10-28-51(29-11-43)64(52-30-12-44(2)13-31-52)55-36-21-47(22-37-55)18-19-49-25-40-58-59-41-27-50(57-8-7-9-60(62(57)59)63(5,6)61(58)42-49)26-20-48-23-38-56(39-24-48)65(53-32-14-45(3)15-33-53)54-34-16-46(4)17-35-54/h7-42H,1-6H3. The molecule has 0 amide bonds. The molecule has 0 aliphatic heterocycles. The molecule has 0 radical (unpaired) electrons. The summed E-state index contributed by atoms with van der Waals surface area (Å²) in [6.45, 7) is 13.3. The Labute approximate surface area is 385 Å². The zero-order valence-corrected chi connectivity index (χ0v) is 38.2. The molecule has 65 heavy (non-hydrogen) atoms.